The quantitative estimate of drug-likeness (QED) is 0.582. The van der Waals surface area contributed by atoms with Gasteiger partial charge in [0.05, 0.1) is 17.8 Å². The van der Waals surface area contributed by atoms with E-state index in [-0.39, 0.29) is 24.6 Å². The lowest BCUT2D eigenvalue weighted by molar-refractivity contribution is -0.138. The van der Waals surface area contributed by atoms with Crippen LogP contribution in [-0.4, -0.2) is 17.5 Å². The van der Waals surface area contributed by atoms with Gasteiger partial charge in [0.1, 0.15) is 23.6 Å². The molecule has 0 saturated heterocycles. The van der Waals surface area contributed by atoms with Crippen LogP contribution in [0.1, 0.15) is 22.4 Å². The number of hydrogen-bond donors (Lipinski definition) is 0. The highest BCUT2D eigenvalue weighted by Crippen LogP contribution is 2.52. The summed E-state index contributed by atoms with van der Waals surface area (Å²) in [6.45, 7) is -0.393. The van der Waals surface area contributed by atoms with Gasteiger partial charge < -0.3 is 9.64 Å². The van der Waals surface area contributed by atoms with Gasteiger partial charge in [0.25, 0.3) is 0 Å². The SMILES string of the molecule is O=C1N(Cc2ncccc2C(F)(F)F)c2ccccc2C12COc1cc(F)ccc12. The van der Waals surface area contributed by atoms with E-state index in [1.807, 2.05) is 0 Å². The first-order valence-corrected chi connectivity index (χ1v) is 9.18. The number of hydrogen-bond acceptors (Lipinski definition) is 3. The number of alkyl halides is 3. The predicted molar refractivity (Wildman–Crippen MR) is 99.5 cm³/mol. The molecule has 5 rings (SSSR count). The molecule has 2 aliphatic heterocycles. The number of rotatable bonds is 2. The summed E-state index contributed by atoms with van der Waals surface area (Å²) in [7, 11) is 0. The number of nitrogens with zero attached hydrogens (tertiary/aromatic N) is 2. The van der Waals surface area contributed by atoms with Crippen molar-refractivity contribution in [1.29, 1.82) is 0 Å². The Morgan fingerprint density at radius 1 is 1.07 bits per heavy atom. The molecule has 1 aromatic heterocycles. The van der Waals surface area contributed by atoms with Crippen LogP contribution in [0.3, 0.4) is 0 Å². The third kappa shape index (κ3) is 2.52. The zero-order valence-electron chi connectivity index (χ0n) is 15.4. The van der Waals surface area contributed by atoms with Crippen molar-refractivity contribution in [2.24, 2.45) is 0 Å². The topological polar surface area (TPSA) is 42.4 Å². The van der Waals surface area contributed by atoms with Crippen molar-refractivity contribution in [2.75, 3.05) is 11.5 Å². The summed E-state index contributed by atoms with van der Waals surface area (Å²) in [4.78, 5) is 18.8. The third-order valence-corrected chi connectivity index (χ3v) is 5.62. The molecular weight excluding hydrogens is 400 g/mol. The Kier molecular flexibility index (Phi) is 3.90. The number of para-hydroxylation sites is 1. The van der Waals surface area contributed by atoms with E-state index in [2.05, 4.69) is 4.98 Å². The number of ether oxygens (including phenoxy) is 1. The molecule has 2 aromatic carbocycles. The van der Waals surface area contributed by atoms with Crippen LogP contribution in [0.5, 0.6) is 5.75 Å². The summed E-state index contributed by atoms with van der Waals surface area (Å²) < 4.78 is 59.6. The van der Waals surface area contributed by atoms with Gasteiger partial charge in [0, 0.05) is 23.5 Å². The van der Waals surface area contributed by atoms with Crippen molar-refractivity contribution in [2.45, 2.75) is 18.1 Å². The van der Waals surface area contributed by atoms with Crippen LogP contribution in [-0.2, 0) is 22.9 Å². The van der Waals surface area contributed by atoms with E-state index >= 15 is 0 Å². The number of benzene rings is 2. The van der Waals surface area contributed by atoms with E-state index in [0.717, 1.165) is 6.07 Å². The first-order valence-electron chi connectivity index (χ1n) is 9.18. The molecule has 2 aliphatic rings. The Morgan fingerprint density at radius 3 is 2.67 bits per heavy atom. The number of aromatic nitrogens is 1. The maximum Gasteiger partial charge on any atom is 0.418 e. The Balaban J connectivity index is 1.64. The Hall–Kier alpha value is -3.42. The zero-order valence-corrected chi connectivity index (χ0v) is 15.4. The Labute approximate surface area is 168 Å². The second-order valence-corrected chi connectivity index (χ2v) is 7.24. The van der Waals surface area contributed by atoms with E-state index in [1.165, 1.54) is 35.4 Å². The average molecular weight is 414 g/mol. The van der Waals surface area contributed by atoms with Crippen molar-refractivity contribution < 1.29 is 27.1 Å². The number of anilines is 1. The lowest BCUT2D eigenvalue weighted by atomic mass is 9.77. The summed E-state index contributed by atoms with van der Waals surface area (Å²) in [5, 5.41) is 0. The first-order chi connectivity index (χ1) is 14.3. The molecule has 0 N–H and O–H groups in total. The summed E-state index contributed by atoms with van der Waals surface area (Å²) in [6.07, 6.45) is -3.33. The monoisotopic (exact) mass is 414 g/mol. The molecule has 0 aliphatic carbocycles. The van der Waals surface area contributed by atoms with E-state index in [1.54, 1.807) is 24.3 Å². The fourth-order valence-corrected chi connectivity index (χ4v) is 4.29. The van der Waals surface area contributed by atoms with Gasteiger partial charge in [0.2, 0.25) is 5.91 Å². The molecule has 3 heterocycles. The number of carbonyl (C=O) groups is 1. The summed E-state index contributed by atoms with van der Waals surface area (Å²) in [5.41, 5.74) is -0.759. The first kappa shape index (κ1) is 18.6. The highest BCUT2D eigenvalue weighted by molar-refractivity contribution is 6.11. The second-order valence-electron chi connectivity index (χ2n) is 7.24. The number of amides is 1. The fourth-order valence-electron chi connectivity index (χ4n) is 4.29. The van der Waals surface area contributed by atoms with Crippen molar-refractivity contribution in [3.05, 3.63) is 89.0 Å². The van der Waals surface area contributed by atoms with Crippen LogP contribution in [0.15, 0.2) is 60.8 Å². The van der Waals surface area contributed by atoms with Gasteiger partial charge in [-0.2, -0.15) is 13.2 Å². The van der Waals surface area contributed by atoms with E-state index in [4.69, 9.17) is 4.74 Å². The van der Waals surface area contributed by atoms with E-state index < -0.39 is 28.9 Å². The lowest BCUT2D eigenvalue weighted by Crippen LogP contribution is -2.42. The van der Waals surface area contributed by atoms with Crippen LogP contribution in [0.4, 0.5) is 23.2 Å². The van der Waals surface area contributed by atoms with Crippen LogP contribution < -0.4 is 9.64 Å². The van der Waals surface area contributed by atoms with Crippen LogP contribution >= 0.6 is 0 Å². The molecule has 0 radical (unpaired) electrons. The number of halogens is 4. The number of carbonyl (C=O) groups excluding carboxylic acids is 1. The molecule has 30 heavy (non-hydrogen) atoms. The minimum absolute atomic E-state index is 0.0491. The Bertz CT molecular complexity index is 1180. The minimum Gasteiger partial charge on any atom is -0.491 e. The number of pyridine rings is 1. The van der Waals surface area contributed by atoms with Gasteiger partial charge in [-0.05, 0) is 29.8 Å². The van der Waals surface area contributed by atoms with Crippen molar-refractivity contribution in [1.82, 2.24) is 4.98 Å². The third-order valence-electron chi connectivity index (χ3n) is 5.62. The minimum atomic E-state index is -4.59. The predicted octanol–water partition coefficient (Wildman–Crippen LogP) is 4.46. The van der Waals surface area contributed by atoms with Gasteiger partial charge in [-0.25, -0.2) is 4.39 Å². The zero-order chi connectivity index (χ0) is 21.1. The molecule has 1 spiro atoms. The van der Waals surface area contributed by atoms with Gasteiger partial charge in [0.15, 0.2) is 0 Å². The standard InChI is InChI=1S/C22H14F4N2O2/c23-13-7-8-16-19(10-13)30-12-21(16)15-4-1-2-6-18(15)28(20(21)29)11-17-14(22(24,25)26)5-3-9-27-17/h1-10H,11-12H2. The van der Waals surface area contributed by atoms with Gasteiger partial charge >= 0.3 is 6.18 Å². The van der Waals surface area contributed by atoms with Crippen molar-refractivity contribution >= 4 is 11.6 Å². The molecular formula is C22H14F4N2O2. The highest BCUT2D eigenvalue weighted by atomic mass is 19.4. The molecule has 8 heteroatoms. The van der Waals surface area contributed by atoms with Crippen LogP contribution in [0.2, 0.25) is 0 Å². The molecule has 0 saturated carbocycles. The number of fused-ring (bicyclic) bond motifs is 4. The molecule has 152 valence electrons. The molecule has 3 aromatic rings. The van der Waals surface area contributed by atoms with Crippen molar-refractivity contribution in [3.63, 3.8) is 0 Å². The summed E-state index contributed by atoms with van der Waals surface area (Å²) in [5.74, 6) is -0.661. The molecule has 1 atom stereocenters. The van der Waals surface area contributed by atoms with E-state index in [0.29, 0.717) is 16.8 Å². The summed E-state index contributed by atoms with van der Waals surface area (Å²) >= 11 is 0. The molecule has 1 amide bonds. The second kappa shape index (κ2) is 6.29. The summed E-state index contributed by atoms with van der Waals surface area (Å²) in [6, 6.07) is 13.0. The van der Waals surface area contributed by atoms with Gasteiger partial charge in [-0.15, -0.1) is 0 Å². The molecule has 4 nitrogen and oxygen atoms in total. The maximum atomic E-state index is 13.7. The van der Waals surface area contributed by atoms with Gasteiger partial charge in [-0.1, -0.05) is 24.3 Å². The average Bonchev–Trinajstić information content (AvgIpc) is 3.20. The fraction of sp³-hybridized carbons (Fsp3) is 0.182. The largest absolute Gasteiger partial charge is 0.491 e. The Morgan fingerprint density at radius 2 is 1.87 bits per heavy atom. The highest BCUT2D eigenvalue weighted by Gasteiger charge is 2.57. The van der Waals surface area contributed by atoms with Crippen molar-refractivity contribution in [3.8, 4) is 5.75 Å². The molecule has 0 bridgehead atoms. The van der Waals surface area contributed by atoms with Crippen LogP contribution in [0.25, 0.3) is 0 Å². The molecule has 1 unspecified atom stereocenters. The lowest BCUT2D eigenvalue weighted by Gasteiger charge is -2.23. The normalized spacial score (nSPS) is 19.7. The molecule has 0 fully saturated rings. The van der Waals surface area contributed by atoms with Gasteiger partial charge in [-0.3, -0.25) is 9.78 Å². The maximum absolute atomic E-state index is 13.7. The van der Waals surface area contributed by atoms with Crippen LogP contribution in [0, 0.1) is 5.82 Å². The smallest absolute Gasteiger partial charge is 0.418 e. The van der Waals surface area contributed by atoms with E-state index in [9.17, 15) is 22.4 Å².